The molecule has 2 unspecified atom stereocenters. The molecule has 1 aromatic rings. The molecule has 16 heavy (non-hydrogen) atoms. The van der Waals surface area contributed by atoms with Crippen molar-refractivity contribution in [3.63, 3.8) is 0 Å². The summed E-state index contributed by atoms with van der Waals surface area (Å²) in [6.45, 7) is 8.77. The van der Waals surface area contributed by atoms with Crippen LogP contribution in [0.2, 0.25) is 0 Å². The minimum atomic E-state index is 0.367. The highest BCUT2D eigenvalue weighted by molar-refractivity contribution is 5.48. The molecule has 0 spiro atoms. The third-order valence-corrected chi connectivity index (χ3v) is 3.13. The Hall–Kier alpha value is -1.32. The molecule has 2 heterocycles. The first-order valence-corrected chi connectivity index (χ1v) is 5.90. The largest absolute Gasteiger partial charge is 0.368 e. The van der Waals surface area contributed by atoms with Gasteiger partial charge in [-0.15, -0.1) is 0 Å². The van der Waals surface area contributed by atoms with Gasteiger partial charge < -0.3 is 10.6 Å². The van der Waals surface area contributed by atoms with Crippen LogP contribution in [0, 0.1) is 18.8 Å². The summed E-state index contributed by atoms with van der Waals surface area (Å²) in [7, 11) is 0. The van der Waals surface area contributed by atoms with E-state index in [2.05, 4.69) is 28.7 Å². The Balaban J connectivity index is 2.25. The van der Waals surface area contributed by atoms with Crippen LogP contribution < -0.4 is 10.6 Å². The van der Waals surface area contributed by atoms with Crippen LogP contribution in [0.25, 0.3) is 0 Å². The second kappa shape index (κ2) is 4.28. The van der Waals surface area contributed by atoms with Gasteiger partial charge in [0.05, 0.1) is 0 Å². The topological polar surface area (TPSA) is 55.0 Å². The first-order chi connectivity index (χ1) is 7.56. The van der Waals surface area contributed by atoms with Gasteiger partial charge in [-0.1, -0.05) is 13.8 Å². The number of nitrogens with two attached hydrogens (primary N) is 1. The van der Waals surface area contributed by atoms with Gasteiger partial charge in [0.1, 0.15) is 5.82 Å². The minimum Gasteiger partial charge on any atom is -0.368 e. The molecule has 1 fully saturated rings. The van der Waals surface area contributed by atoms with Crippen molar-refractivity contribution in [2.75, 3.05) is 23.7 Å². The zero-order valence-corrected chi connectivity index (χ0v) is 10.3. The number of aromatic nitrogens is 2. The SMILES string of the molecule is Cc1cnc(N)nc1N1CC(C)CC(C)C1. The molecule has 4 heteroatoms. The van der Waals surface area contributed by atoms with Crippen molar-refractivity contribution >= 4 is 11.8 Å². The molecule has 0 amide bonds. The summed E-state index contributed by atoms with van der Waals surface area (Å²) in [6, 6.07) is 0. The Kier molecular flexibility index (Phi) is 2.99. The molecule has 0 aromatic carbocycles. The highest BCUT2D eigenvalue weighted by Gasteiger charge is 2.23. The quantitative estimate of drug-likeness (QED) is 0.784. The minimum absolute atomic E-state index is 0.367. The van der Waals surface area contributed by atoms with Crippen molar-refractivity contribution in [3.8, 4) is 0 Å². The van der Waals surface area contributed by atoms with Gasteiger partial charge in [-0.05, 0) is 25.2 Å². The number of hydrogen-bond acceptors (Lipinski definition) is 4. The van der Waals surface area contributed by atoms with E-state index >= 15 is 0 Å². The van der Waals surface area contributed by atoms with E-state index in [1.165, 1.54) is 6.42 Å². The molecular formula is C12H20N4. The van der Waals surface area contributed by atoms with Crippen LogP contribution in [0.15, 0.2) is 6.20 Å². The summed E-state index contributed by atoms with van der Waals surface area (Å²) in [5.74, 6) is 2.82. The number of nitrogens with zero attached hydrogens (tertiary/aromatic N) is 3. The summed E-state index contributed by atoms with van der Waals surface area (Å²) in [6.07, 6.45) is 3.11. The molecular weight excluding hydrogens is 200 g/mol. The van der Waals surface area contributed by atoms with Crippen LogP contribution in [0.1, 0.15) is 25.8 Å². The van der Waals surface area contributed by atoms with Crippen molar-refractivity contribution in [2.45, 2.75) is 27.2 Å². The molecule has 1 aliphatic rings. The lowest BCUT2D eigenvalue weighted by Gasteiger charge is -2.36. The lowest BCUT2D eigenvalue weighted by atomic mass is 9.92. The summed E-state index contributed by atoms with van der Waals surface area (Å²) >= 11 is 0. The lowest BCUT2D eigenvalue weighted by Crippen LogP contribution is -2.39. The number of aryl methyl sites for hydroxylation is 1. The number of rotatable bonds is 1. The first-order valence-electron chi connectivity index (χ1n) is 5.90. The molecule has 1 aliphatic heterocycles. The van der Waals surface area contributed by atoms with Crippen LogP contribution in [0.5, 0.6) is 0 Å². The van der Waals surface area contributed by atoms with Crippen LogP contribution in [-0.2, 0) is 0 Å². The van der Waals surface area contributed by atoms with Crippen molar-refractivity contribution in [3.05, 3.63) is 11.8 Å². The number of nitrogen functional groups attached to an aromatic ring is 1. The monoisotopic (exact) mass is 220 g/mol. The maximum Gasteiger partial charge on any atom is 0.221 e. The summed E-state index contributed by atoms with van der Waals surface area (Å²) in [5, 5.41) is 0. The molecule has 1 saturated heterocycles. The Morgan fingerprint density at radius 1 is 1.31 bits per heavy atom. The molecule has 2 atom stereocenters. The van der Waals surface area contributed by atoms with Crippen LogP contribution in [0.4, 0.5) is 11.8 Å². The summed E-state index contributed by atoms with van der Waals surface area (Å²) in [4.78, 5) is 10.7. The maximum atomic E-state index is 5.65. The first kappa shape index (κ1) is 11.2. The van der Waals surface area contributed by atoms with E-state index in [4.69, 9.17) is 5.73 Å². The molecule has 2 rings (SSSR count). The smallest absolute Gasteiger partial charge is 0.221 e. The fourth-order valence-electron chi connectivity index (χ4n) is 2.60. The van der Waals surface area contributed by atoms with Gasteiger partial charge in [0.2, 0.25) is 5.95 Å². The van der Waals surface area contributed by atoms with E-state index in [-0.39, 0.29) is 0 Å². The number of anilines is 2. The third kappa shape index (κ3) is 2.26. The fraction of sp³-hybridized carbons (Fsp3) is 0.667. The highest BCUT2D eigenvalue weighted by atomic mass is 15.2. The van der Waals surface area contributed by atoms with Crippen molar-refractivity contribution < 1.29 is 0 Å². The highest BCUT2D eigenvalue weighted by Crippen LogP contribution is 2.26. The van der Waals surface area contributed by atoms with E-state index in [9.17, 15) is 0 Å². The van der Waals surface area contributed by atoms with Crippen molar-refractivity contribution in [2.24, 2.45) is 11.8 Å². The molecule has 0 saturated carbocycles. The van der Waals surface area contributed by atoms with Crippen LogP contribution in [-0.4, -0.2) is 23.1 Å². The van der Waals surface area contributed by atoms with E-state index < -0.39 is 0 Å². The average molecular weight is 220 g/mol. The Morgan fingerprint density at radius 3 is 2.56 bits per heavy atom. The number of hydrogen-bond donors (Lipinski definition) is 1. The van der Waals surface area contributed by atoms with Gasteiger partial charge in [-0.3, -0.25) is 0 Å². The standard InChI is InChI=1S/C12H20N4/c1-8-4-9(2)7-16(6-8)11-10(3)5-14-12(13)15-11/h5,8-9H,4,6-7H2,1-3H3,(H2,13,14,15). The number of piperidine rings is 1. The van der Waals surface area contributed by atoms with E-state index in [1.54, 1.807) is 0 Å². The second-order valence-corrected chi connectivity index (χ2v) is 5.09. The zero-order chi connectivity index (χ0) is 11.7. The zero-order valence-electron chi connectivity index (χ0n) is 10.3. The van der Waals surface area contributed by atoms with Gasteiger partial charge in [0.25, 0.3) is 0 Å². The van der Waals surface area contributed by atoms with Crippen molar-refractivity contribution in [1.82, 2.24) is 9.97 Å². The maximum absolute atomic E-state index is 5.65. The molecule has 1 aromatic heterocycles. The molecule has 0 aliphatic carbocycles. The molecule has 88 valence electrons. The van der Waals surface area contributed by atoms with Crippen LogP contribution in [0.3, 0.4) is 0 Å². The van der Waals surface area contributed by atoms with Crippen LogP contribution >= 0.6 is 0 Å². The fourth-order valence-corrected chi connectivity index (χ4v) is 2.60. The van der Waals surface area contributed by atoms with Gasteiger partial charge >= 0.3 is 0 Å². The Bertz CT molecular complexity index is 367. The van der Waals surface area contributed by atoms with Crippen molar-refractivity contribution in [1.29, 1.82) is 0 Å². The predicted molar refractivity (Wildman–Crippen MR) is 66.3 cm³/mol. The Morgan fingerprint density at radius 2 is 1.94 bits per heavy atom. The van der Waals surface area contributed by atoms with Gasteiger partial charge in [-0.25, -0.2) is 4.98 Å². The normalized spacial score (nSPS) is 25.8. The molecule has 0 radical (unpaired) electrons. The average Bonchev–Trinajstić information content (AvgIpc) is 2.20. The summed E-state index contributed by atoms with van der Waals surface area (Å²) in [5.41, 5.74) is 6.76. The van der Waals surface area contributed by atoms with Gasteiger partial charge in [0, 0.05) is 24.8 Å². The van der Waals surface area contributed by atoms with Gasteiger partial charge in [-0.2, -0.15) is 4.98 Å². The van der Waals surface area contributed by atoms with E-state index in [0.717, 1.165) is 36.3 Å². The lowest BCUT2D eigenvalue weighted by molar-refractivity contribution is 0.355. The van der Waals surface area contributed by atoms with E-state index in [1.807, 2.05) is 13.1 Å². The third-order valence-electron chi connectivity index (χ3n) is 3.13. The van der Waals surface area contributed by atoms with E-state index in [0.29, 0.717) is 5.95 Å². The predicted octanol–water partition coefficient (Wildman–Crippen LogP) is 1.85. The summed E-state index contributed by atoms with van der Waals surface area (Å²) < 4.78 is 0. The Labute approximate surface area is 96.9 Å². The molecule has 2 N–H and O–H groups in total. The molecule has 0 bridgehead atoms. The van der Waals surface area contributed by atoms with Gasteiger partial charge in [0.15, 0.2) is 0 Å². The molecule has 4 nitrogen and oxygen atoms in total. The second-order valence-electron chi connectivity index (χ2n) is 5.09.